The molecule has 2 atom stereocenters. The van der Waals surface area contributed by atoms with Gasteiger partial charge in [-0.15, -0.1) is 0 Å². The van der Waals surface area contributed by atoms with Crippen LogP contribution < -0.4 is 10.1 Å². The molecule has 1 amide bonds. The predicted octanol–water partition coefficient (Wildman–Crippen LogP) is 2.23. The first-order chi connectivity index (χ1) is 10.8. The van der Waals surface area contributed by atoms with Crippen LogP contribution in [0.4, 0.5) is 0 Å². The van der Waals surface area contributed by atoms with Gasteiger partial charge in [0.05, 0.1) is 13.5 Å². The van der Waals surface area contributed by atoms with Crippen molar-refractivity contribution in [3.8, 4) is 5.75 Å². The van der Waals surface area contributed by atoms with Crippen LogP contribution >= 0.6 is 0 Å². The van der Waals surface area contributed by atoms with Crippen LogP contribution in [0, 0.1) is 5.92 Å². The molecule has 1 aromatic rings. The molecular formula is C18H26N2O2. The first-order valence-corrected chi connectivity index (χ1v) is 8.41. The number of carbonyl (C=O) groups is 1. The molecule has 4 nitrogen and oxygen atoms in total. The number of methoxy groups -OCH3 is 1. The van der Waals surface area contributed by atoms with Crippen LogP contribution in [0.2, 0.25) is 0 Å². The lowest BCUT2D eigenvalue weighted by molar-refractivity contribution is -0.132. The van der Waals surface area contributed by atoms with Gasteiger partial charge in [-0.25, -0.2) is 0 Å². The van der Waals surface area contributed by atoms with E-state index in [9.17, 15) is 4.79 Å². The standard InChI is InChI=1S/C18H26N2O2/c1-22-17-8-3-2-6-14(17)12-18(21)20-11-9-16-15(13-20)7-4-5-10-19-16/h2-3,6,8,15-16,19H,4-5,7,9-13H2,1H3/t15-,16+/m0/s1. The smallest absolute Gasteiger partial charge is 0.227 e. The van der Waals surface area contributed by atoms with Crippen LogP contribution in [0.3, 0.4) is 0 Å². The fraction of sp³-hybridized carbons (Fsp3) is 0.611. The summed E-state index contributed by atoms with van der Waals surface area (Å²) in [4.78, 5) is 14.7. The number of amides is 1. The van der Waals surface area contributed by atoms with Crippen molar-refractivity contribution in [2.45, 2.75) is 38.1 Å². The minimum atomic E-state index is 0.229. The molecule has 2 aliphatic heterocycles. The molecule has 1 N–H and O–H groups in total. The lowest BCUT2D eigenvalue weighted by atomic mass is 9.89. The summed E-state index contributed by atoms with van der Waals surface area (Å²) in [7, 11) is 1.66. The fourth-order valence-corrected chi connectivity index (χ4v) is 3.76. The first kappa shape index (κ1) is 15.3. The molecule has 0 bridgehead atoms. The summed E-state index contributed by atoms with van der Waals surface area (Å²) in [6.45, 7) is 2.92. The SMILES string of the molecule is COc1ccccc1CC(=O)N1CC[C@H]2NCCCC[C@H]2C1. The van der Waals surface area contributed by atoms with Gasteiger partial charge in [0.1, 0.15) is 5.75 Å². The van der Waals surface area contributed by atoms with Crippen LogP contribution in [-0.2, 0) is 11.2 Å². The molecule has 0 radical (unpaired) electrons. The maximum atomic E-state index is 12.6. The number of likely N-dealkylation sites (tertiary alicyclic amines) is 1. The van der Waals surface area contributed by atoms with Gasteiger partial charge in [-0.05, 0) is 37.8 Å². The van der Waals surface area contributed by atoms with E-state index in [1.807, 2.05) is 24.3 Å². The van der Waals surface area contributed by atoms with Gasteiger partial charge in [-0.2, -0.15) is 0 Å². The Hall–Kier alpha value is -1.55. The summed E-state index contributed by atoms with van der Waals surface area (Å²) in [6, 6.07) is 8.42. The lowest BCUT2D eigenvalue weighted by Gasteiger charge is -2.38. The third-order valence-corrected chi connectivity index (χ3v) is 5.03. The van der Waals surface area contributed by atoms with Gasteiger partial charge < -0.3 is 15.0 Å². The minimum absolute atomic E-state index is 0.229. The Morgan fingerprint density at radius 3 is 3.05 bits per heavy atom. The van der Waals surface area contributed by atoms with Crippen molar-refractivity contribution in [2.24, 2.45) is 5.92 Å². The molecule has 2 fully saturated rings. The zero-order valence-corrected chi connectivity index (χ0v) is 13.4. The number of ether oxygens (including phenoxy) is 1. The number of fused-ring (bicyclic) bond motifs is 1. The van der Waals surface area contributed by atoms with Crippen molar-refractivity contribution in [3.05, 3.63) is 29.8 Å². The Morgan fingerprint density at radius 2 is 2.18 bits per heavy atom. The molecule has 120 valence electrons. The zero-order chi connectivity index (χ0) is 15.4. The van der Waals surface area contributed by atoms with E-state index in [4.69, 9.17) is 4.74 Å². The van der Waals surface area contributed by atoms with E-state index < -0.39 is 0 Å². The highest BCUT2D eigenvalue weighted by Gasteiger charge is 2.31. The maximum absolute atomic E-state index is 12.6. The second kappa shape index (κ2) is 7.14. The minimum Gasteiger partial charge on any atom is -0.496 e. The quantitative estimate of drug-likeness (QED) is 0.931. The highest BCUT2D eigenvalue weighted by atomic mass is 16.5. The monoisotopic (exact) mass is 302 g/mol. The number of para-hydroxylation sites is 1. The molecule has 2 saturated heterocycles. The van der Waals surface area contributed by atoms with Gasteiger partial charge >= 0.3 is 0 Å². The number of nitrogens with one attached hydrogen (secondary N) is 1. The molecule has 1 aromatic carbocycles. The van der Waals surface area contributed by atoms with Gasteiger partial charge in [-0.1, -0.05) is 24.6 Å². The topological polar surface area (TPSA) is 41.6 Å². The number of hydrogen-bond acceptors (Lipinski definition) is 3. The zero-order valence-electron chi connectivity index (χ0n) is 13.4. The third-order valence-electron chi connectivity index (χ3n) is 5.03. The average molecular weight is 302 g/mol. The normalized spacial score (nSPS) is 25.2. The fourth-order valence-electron chi connectivity index (χ4n) is 3.76. The van der Waals surface area contributed by atoms with Gasteiger partial charge in [-0.3, -0.25) is 4.79 Å². The highest BCUT2D eigenvalue weighted by Crippen LogP contribution is 2.26. The number of nitrogens with zero attached hydrogens (tertiary/aromatic N) is 1. The van der Waals surface area contributed by atoms with E-state index in [0.29, 0.717) is 18.4 Å². The van der Waals surface area contributed by atoms with E-state index >= 15 is 0 Å². The summed E-state index contributed by atoms with van der Waals surface area (Å²) in [5.41, 5.74) is 0.983. The number of rotatable bonds is 3. The summed E-state index contributed by atoms with van der Waals surface area (Å²) >= 11 is 0. The molecule has 0 unspecified atom stereocenters. The molecule has 0 aromatic heterocycles. The Morgan fingerprint density at radius 1 is 1.32 bits per heavy atom. The van der Waals surface area contributed by atoms with Crippen molar-refractivity contribution in [2.75, 3.05) is 26.7 Å². The maximum Gasteiger partial charge on any atom is 0.227 e. The number of benzene rings is 1. The summed E-state index contributed by atoms with van der Waals surface area (Å²) in [6.07, 6.45) is 5.32. The molecule has 0 spiro atoms. The summed E-state index contributed by atoms with van der Waals surface area (Å²) in [5, 5.41) is 3.65. The molecule has 3 rings (SSSR count). The molecule has 0 saturated carbocycles. The first-order valence-electron chi connectivity index (χ1n) is 8.41. The van der Waals surface area contributed by atoms with Gasteiger partial charge in [0.25, 0.3) is 0 Å². The van der Waals surface area contributed by atoms with Gasteiger partial charge in [0, 0.05) is 24.7 Å². The molecular weight excluding hydrogens is 276 g/mol. The van der Waals surface area contributed by atoms with E-state index in [2.05, 4.69) is 10.2 Å². The third kappa shape index (κ3) is 3.43. The number of hydrogen-bond donors (Lipinski definition) is 1. The van der Waals surface area contributed by atoms with Crippen molar-refractivity contribution >= 4 is 5.91 Å². The summed E-state index contributed by atoms with van der Waals surface area (Å²) in [5.74, 6) is 1.66. The van der Waals surface area contributed by atoms with E-state index in [1.54, 1.807) is 7.11 Å². The Bertz CT molecular complexity index is 518. The van der Waals surface area contributed by atoms with Crippen molar-refractivity contribution in [1.29, 1.82) is 0 Å². The molecule has 2 heterocycles. The van der Waals surface area contributed by atoms with Crippen LogP contribution in [-0.4, -0.2) is 43.6 Å². The van der Waals surface area contributed by atoms with Crippen molar-refractivity contribution in [3.63, 3.8) is 0 Å². The Kier molecular flexibility index (Phi) is 4.98. The van der Waals surface area contributed by atoms with E-state index in [0.717, 1.165) is 37.4 Å². The van der Waals surface area contributed by atoms with Gasteiger partial charge in [0.2, 0.25) is 5.91 Å². The number of piperidine rings is 1. The van der Waals surface area contributed by atoms with Crippen LogP contribution in [0.1, 0.15) is 31.2 Å². The molecule has 2 aliphatic rings. The average Bonchev–Trinajstić information content (AvgIpc) is 2.79. The second-order valence-electron chi connectivity index (χ2n) is 6.43. The summed E-state index contributed by atoms with van der Waals surface area (Å²) < 4.78 is 5.36. The Labute approximate surface area is 132 Å². The van der Waals surface area contributed by atoms with Crippen LogP contribution in [0.25, 0.3) is 0 Å². The van der Waals surface area contributed by atoms with Crippen molar-refractivity contribution < 1.29 is 9.53 Å². The highest BCUT2D eigenvalue weighted by molar-refractivity contribution is 5.79. The number of carbonyl (C=O) groups excluding carboxylic acids is 1. The second-order valence-corrected chi connectivity index (χ2v) is 6.43. The van der Waals surface area contributed by atoms with E-state index in [1.165, 1.54) is 19.3 Å². The van der Waals surface area contributed by atoms with Crippen LogP contribution in [0.15, 0.2) is 24.3 Å². The molecule has 22 heavy (non-hydrogen) atoms. The van der Waals surface area contributed by atoms with Crippen molar-refractivity contribution in [1.82, 2.24) is 10.2 Å². The molecule has 0 aliphatic carbocycles. The predicted molar refractivity (Wildman–Crippen MR) is 87.0 cm³/mol. The lowest BCUT2D eigenvalue weighted by Crippen LogP contribution is -2.50. The van der Waals surface area contributed by atoms with Crippen LogP contribution in [0.5, 0.6) is 5.75 Å². The Balaban J connectivity index is 1.63. The van der Waals surface area contributed by atoms with Gasteiger partial charge in [0.15, 0.2) is 0 Å². The molecule has 4 heteroatoms. The van der Waals surface area contributed by atoms with E-state index in [-0.39, 0.29) is 5.91 Å². The largest absolute Gasteiger partial charge is 0.496 e.